The number of nitrogens with one attached hydrogen (secondary N) is 2. The fourth-order valence-electron chi connectivity index (χ4n) is 3.05. The normalized spacial score (nSPS) is 12.4. The number of ketones is 1. The SMILES string of the molecule is CC(CC(=O)c1cc(-c2cn[nH]c2)ncn1)c1ncc(C(=O)Nc2cc(C(F)(F)F)c(Cl)cn2)s1. The molecule has 9 nitrogen and oxygen atoms in total. The number of alkyl halides is 3. The van der Waals surface area contributed by atoms with Crippen LogP contribution in [-0.2, 0) is 6.18 Å². The number of rotatable bonds is 7. The smallest absolute Gasteiger partial charge is 0.306 e. The summed E-state index contributed by atoms with van der Waals surface area (Å²) in [4.78, 5) is 41.5. The molecule has 1 atom stereocenters. The van der Waals surface area contributed by atoms with Gasteiger partial charge in [-0.3, -0.25) is 14.7 Å². The van der Waals surface area contributed by atoms with Crippen molar-refractivity contribution in [1.82, 2.24) is 30.1 Å². The molecule has 0 aliphatic carbocycles. The number of anilines is 1. The highest BCUT2D eigenvalue weighted by Gasteiger charge is 2.34. The van der Waals surface area contributed by atoms with Gasteiger partial charge in [-0.15, -0.1) is 11.3 Å². The van der Waals surface area contributed by atoms with Gasteiger partial charge < -0.3 is 5.32 Å². The Kier molecular flexibility index (Phi) is 6.89. The molecule has 0 radical (unpaired) electrons. The van der Waals surface area contributed by atoms with E-state index in [4.69, 9.17) is 11.6 Å². The van der Waals surface area contributed by atoms with E-state index in [2.05, 4.69) is 35.5 Å². The average molecular weight is 522 g/mol. The van der Waals surface area contributed by atoms with Crippen molar-refractivity contribution in [3.8, 4) is 11.3 Å². The maximum Gasteiger partial charge on any atom is 0.418 e. The fraction of sp³-hybridized carbons (Fsp3) is 0.190. The molecule has 4 aromatic rings. The van der Waals surface area contributed by atoms with Crippen LogP contribution in [0, 0.1) is 0 Å². The third kappa shape index (κ3) is 5.69. The minimum Gasteiger partial charge on any atom is -0.306 e. The Bertz CT molecular complexity index is 1380. The van der Waals surface area contributed by atoms with Crippen LogP contribution in [0.5, 0.6) is 0 Å². The van der Waals surface area contributed by atoms with Crippen LogP contribution < -0.4 is 5.32 Å². The Balaban J connectivity index is 1.42. The second-order valence-corrected chi connectivity index (χ2v) is 8.84. The zero-order valence-corrected chi connectivity index (χ0v) is 19.4. The van der Waals surface area contributed by atoms with Crippen molar-refractivity contribution in [3.63, 3.8) is 0 Å². The summed E-state index contributed by atoms with van der Waals surface area (Å²) in [6, 6.07) is 2.22. The van der Waals surface area contributed by atoms with Gasteiger partial charge >= 0.3 is 6.18 Å². The van der Waals surface area contributed by atoms with E-state index in [1.165, 1.54) is 12.5 Å². The summed E-state index contributed by atoms with van der Waals surface area (Å²) in [5, 5.41) is 8.77. The predicted molar refractivity (Wildman–Crippen MR) is 121 cm³/mol. The number of halogens is 4. The third-order valence-electron chi connectivity index (χ3n) is 4.81. The van der Waals surface area contributed by atoms with Crippen LogP contribution in [0.1, 0.15) is 50.0 Å². The number of carbonyl (C=O) groups is 2. The maximum atomic E-state index is 13.0. The number of aromatic nitrogens is 6. The summed E-state index contributed by atoms with van der Waals surface area (Å²) >= 11 is 6.57. The molecule has 0 saturated heterocycles. The molecule has 0 aliphatic heterocycles. The maximum absolute atomic E-state index is 13.0. The number of pyridine rings is 1. The second-order valence-electron chi connectivity index (χ2n) is 7.37. The molecule has 14 heteroatoms. The van der Waals surface area contributed by atoms with E-state index in [-0.39, 0.29) is 34.5 Å². The summed E-state index contributed by atoms with van der Waals surface area (Å²) in [6.45, 7) is 1.77. The molecular formula is C21H15ClF3N7O2S. The number of aromatic amines is 1. The minimum absolute atomic E-state index is 0.0735. The van der Waals surface area contributed by atoms with Gasteiger partial charge in [-0.2, -0.15) is 18.3 Å². The lowest BCUT2D eigenvalue weighted by atomic mass is 10.0. The first-order valence-electron chi connectivity index (χ1n) is 9.96. The van der Waals surface area contributed by atoms with E-state index in [9.17, 15) is 22.8 Å². The average Bonchev–Trinajstić information content (AvgIpc) is 3.52. The van der Waals surface area contributed by atoms with Crippen LogP contribution >= 0.6 is 22.9 Å². The molecule has 2 N–H and O–H groups in total. The first-order chi connectivity index (χ1) is 16.6. The van der Waals surface area contributed by atoms with Crippen molar-refractivity contribution in [1.29, 1.82) is 0 Å². The molecule has 4 rings (SSSR count). The van der Waals surface area contributed by atoms with Gasteiger partial charge in [0.05, 0.1) is 33.7 Å². The zero-order chi connectivity index (χ0) is 25.2. The van der Waals surface area contributed by atoms with Crippen LogP contribution in [0.3, 0.4) is 0 Å². The van der Waals surface area contributed by atoms with Gasteiger partial charge in [-0.25, -0.2) is 19.9 Å². The number of Topliss-reactive ketones (excluding diaryl/α,β-unsaturated/α-hetero) is 1. The van der Waals surface area contributed by atoms with E-state index < -0.39 is 22.7 Å². The molecule has 4 aromatic heterocycles. The van der Waals surface area contributed by atoms with Crippen LogP contribution in [0.25, 0.3) is 11.3 Å². The second kappa shape index (κ2) is 9.88. The molecule has 0 saturated carbocycles. The molecular weight excluding hydrogens is 507 g/mol. The van der Waals surface area contributed by atoms with Gasteiger partial charge in [0.2, 0.25) is 0 Å². The van der Waals surface area contributed by atoms with Crippen LogP contribution in [0.4, 0.5) is 19.0 Å². The Morgan fingerprint density at radius 2 is 1.94 bits per heavy atom. The number of H-pyrrole nitrogens is 1. The van der Waals surface area contributed by atoms with Crippen LogP contribution in [-0.4, -0.2) is 41.8 Å². The largest absolute Gasteiger partial charge is 0.418 e. The summed E-state index contributed by atoms with van der Waals surface area (Å²) in [5.74, 6) is -1.57. The number of carbonyl (C=O) groups excluding carboxylic acids is 2. The number of hydrogen-bond donors (Lipinski definition) is 2. The zero-order valence-electron chi connectivity index (χ0n) is 17.8. The highest BCUT2D eigenvalue weighted by Crippen LogP contribution is 2.35. The van der Waals surface area contributed by atoms with Gasteiger partial charge in [0.15, 0.2) is 5.78 Å². The minimum atomic E-state index is -4.69. The first-order valence-corrected chi connectivity index (χ1v) is 11.2. The van der Waals surface area contributed by atoms with E-state index in [0.717, 1.165) is 17.5 Å². The van der Waals surface area contributed by atoms with E-state index >= 15 is 0 Å². The summed E-state index contributed by atoms with van der Waals surface area (Å²) < 4.78 is 39.1. The lowest BCUT2D eigenvalue weighted by molar-refractivity contribution is -0.137. The topological polar surface area (TPSA) is 126 Å². The van der Waals surface area contributed by atoms with Crippen molar-refractivity contribution >= 4 is 40.4 Å². The lowest BCUT2D eigenvalue weighted by Crippen LogP contribution is -2.13. The fourth-order valence-corrected chi connectivity index (χ4v) is 4.13. The molecule has 0 bridgehead atoms. The standard InChI is InChI=1S/C21H15ClF3N7O2S/c1-10(2-16(33)15-4-14(28-9-29-15)11-5-30-31-6-11)20-27-8-17(35-20)19(34)32-18-3-12(21(23,24)25)13(22)7-26-18/h3-10H,2H2,1H3,(H,30,31)(H,26,32,34). The molecule has 4 heterocycles. The molecule has 180 valence electrons. The quantitative estimate of drug-likeness (QED) is 0.327. The third-order valence-corrected chi connectivity index (χ3v) is 6.34. The van der Waals surface area contributed by atoms with Gasteiger partial charge in [-0.05, 0) is 12.1 Å². The van der Waals surface area contributed by atoms with Crippen molar-refractivity contribution in [2.45, 2.75) is 25.4 Å². The van der Waals surface area contributed by atoms with Gasteiger partial charge in [0.1, 0.15) is 22.7 Å². The Hall–Kier alpha value is -3.71. The van der Waals surface area contributed by atoms with Crippen molar-refractivity contribution < 1.29 is 22.8 Å². The molecule has 35 heavy (non-hydrogen) atoms. The molecule has 1 amide bonds. The number of nitrogens with zero attached hydrogens (tertiary/aromatic N) is 5. The predicted octanol–water partition coefficient (Wildman–Crippen LogP) is 5.02. The Morgan fingerprint density at radius 3 is 2.66 bits per heavy atom. The highest BCUT2D eigenvalue weighted by atomic mass is 35.5. The molecule has 0 fully saturated rings. The number of thiazole rings is 1. The summed E-state index contributed by atoms with van der Waals surface area (Å²) in [5.41, 5.74) is 0.374. The first kappa shape index (κ1) is 24.4. The summed E-state index contributed by atoms with van der Waals surface area (Å²) in [6.07, 6.45) is 2.00. The molecule has 1 unspecified atom stereocenters. The molecule has 0 aromatic carbocycles. The van der Waals surface area contributed by atoms with Crippen molar-refractivity contribution in [2.24, 2.45) is 0 Å². The van der Waals surface area contributed by atoms with E-state index in [1.54, 1.807) is 25.4 Å². The van der Waals surface area contributed by atoms with Gasteiger partial charge in [0, 0.05) is 30.3 Å². The van der Waals surface area contributed by atoms with Crippen molar-refractivity contribution in [2.75, 3.05) is 5.32 Å². The molecule has 0 aliphatic rings. The lowest BCUT2D eigenvalue weighted by Gasteiger charge is -2.10. The molecule has 0 spiro atoms. The highest BCUT2D eigenvalue weighted by molar-refractivity contribution is 7.13. The Morgan fingerprint density at radius 1 is 1.14 bits per heavy atom. The van der Waals surface area contributed by atoms with Crippen LogP contribution in [0.15, 0.2) is 43.2 Å². The van der Waals surface area contributed by atoms with E-state index in [0.29, 0.717) is 22.3 Å². The van der Waals surface area contributed by atoms with E-state index in [1.807, 2.05) is 0 Å². The number of amides is 1. The number of hydrogen-bond acceptors (Lipinski definition) is 8. The van der Waals surface area contributed by atoms with Crippen LogP contribution in [0.2, 0.25) is 5.02 Å². The van der Waals surface area contributed by atoms with Gasteiger partial charge in [-0.1, -0.05) is 18.5 Å². The van der Waals surface area contributed by atoms with Gasteiger partial charge in [0.25, 0.3) is 5.91 Å². The van der Waals surface area contributed by atoms with Crippen molar-refractivity contribution in [3.05, 3.63) is 69.4 Å². The monoisotopic (exact) mass is 521 g/mol. The Labute approximate surface area is 204 Å². The summed E-state index contributed by atoms with van der Waals surface area (Å²) in [7, 11) is 0.